The number of rotatable bonds is 2. The molecule has 0 aliphatic rings. The molecule has 8 heteroatoms. The molecule has 0 aromatic carbocycles. The fourth-order valence-electron chi connectivity index (χ4n) is 0.766. The lowest BCUT2D eigenvalue weighted by Crippen LogP contribution is -2.31. The van der Waals surface area contributed by atoms with Gasteiger partial charge in [0.2, 0.25) is 5.88 Å². The van der Waals surface area contributed by atoms with Crippen molar-refractivity contribution in [2.24, 2.45) is 0 Å². The van der Waals surface area contributed by atoms with Crippen LogP contribution in [0.15, 0.2) is 12.3 Å². The van der Waals surface area contributed by atoms with Gasteiger partial charge in [-0.2, -0.15) is 8.78 Å². The Morgan fingerprint density at radius 2 is 1.80 bits per heavy atom. The Bertz CT molecular complexity index is 380. The van der Waals surface area contributed by atoms with E-state index in [2.05, 4.69) is 28.2 Å². The van der Waals surface area contributed by atoms with Gasteiger partial charge in [-0.05, 0) is 6.07 Å². The van der Waals surface area contributed by atoms with E-state index in [-0.39, 0.29) is 0 Å². The van der Waals surface area contributed by atoms with Gasteiger partial charge in [-0.15, -0.1) is 0 Å². The van der Waals surface area contributed by atoms with Crippen LogP contribution in [0, 0.1) is 0 Å². The van der Waals surface area contributed by atoms with Crippen molar-refractivity contribution in [2.75, 3.05) is 0 Å². The molecule has 0 amide bonds. The summed E-state index contributed by atoms with van der Waals surface area (Å²) < 4.78 is 35.3. The van der Waals surface area contributed by atoms with Crippen molar-refractivity contribution in [2.45, 2.75) is 10.5 Å². The highest BCUT2D eigenvalue weighted by Crippen LogP contribution is 2.47. The highest BCUT2D eigenvalue weighted by molar-refractivity contribution is 6.47. The van der Waals surface area contributed by atoms with E-state index in [1.165, 1.54) is 0 Å². The first kappa shape index (κ1) is 12.7. The summed E-state index contributed by atoms with van der Waals surface area (Å²) in [7, 11) is 0. The lowest BCUT2D eigenvalue weighted by Gasteiger charge is -2.22. The minimum absolute atomic E-state index is 0.454. The molecule has 0 atom stereocenters. The van der Waals surface area contributed by atoms with Crippen molar-refractivity contribution >= 4 is 34.8 Å². The number of aromatic hydroxyl groups is 1. The first-order valence-corrected chi connectivity index (χ1v) is 4.59. The number of nitrogens with zero attached hydrogens (tertiary/aromatic N) is 1. The van der Waals surface area contributed by atoms with Gasteiger partial charge in [-0.1, -0.05) is 34.8 Å². The summed E-state index contributed by atoms with van der Waals surface area (Å²) in [4.78, 5) is 3.12. The quantitative estimate of drug-likeness (QED) is 0.839. The summed E-state index contributed by atoms with van der Waals surface area (Å²) in [6.45, 7) is 0. The van der Waals surface area contributed by atoms with Crippen LogP contribution in [0.2, 0.25) is 5.02 Å². The van der Waals surface area contributed by atoms with Gasteiger partial charge in [0, 0.05) is 11.8 Å². The Hall–Kier alpha value is -0.390. The molecule has 0 saturated carbocycles. The predicted molar refractivity (Wildman–Crippen MR) is 50.4 cm³/mol. The second-order valence-corrected chi connectivity index (χ2v) is 4.24. The minimum atomic E-state index is -4.18. The molecule has 0 bridgehead atoms. The smallest absolute Gasteiger partial charge is 0.336 e. The zero-order chi connectivity index (χ0) is 11.9. The van der Waals surface area contributed by atoms with Crippen LogP contribution in [0.5, 0.6) is 5.88 Å². The third-order valence-corrected chi connectivity index (χ3v) is 2.29. The third-order valence-electron chi connectivity index (χ3n) is 1.54. The number of hydrogen-bond acceptors (Lipinski definition) is 2. The average Bonchev–Trinajstić information content (AvgIpc) is 2.07. The van der Waals surface area contributed by atoms with Crippen LogP contribution >= 0.6 is 34.8 Å². The van der Waals surface area contributed by atoms with Crippen LogP contribution < -0.4 is 0 Å². The van der Waals surface area contributed by atoms with Gasteiger partial charge < -0.3 is 5.11 Å². The molecular weight excluding hydrogens is 277 g/mol. The van der Waals surface area contributed by atoms with Crippen molar-refractivity contribution < 1.29 is 18.3 Å². The largest absolute Gasteiger partial charge is 0.492 e. The molecule has 1 rings (SSSR count). The number of halogens is 6. The molecule has 2 nitrogen and oxygen atoms in total. The molecule has 0 radical (unpaired) electrons. The van der Waals surface area contributed by atoms with Gasteiger partial charge in [-0.3, -0.25) is 0 Å². The standard InChI is InChI=1S/C7H3Cl3F3NO/c8-4-1-3(2-14-5(4)15)6(11,12)7(9,10)13/h1-2H,(H,14,15). The first-order valence-electron chi connectivity index (χ1n) is 3.46. The zero-order valence-electron chi connectivity index (χ0n) is 6.82. The Kier molecular flexibility index (Phi) is 3.28. The highest BCUT2D eigenvalue weighted by atomic mass is 35.5. The van der Waals surface area contributed by atoms with Crippen LogP contribution in [0.1, 0.15) is 5.56 Å². The van der Waals surface area contributed by atoms with E-state index in [9.17, 15) is 13.2 Å². The summed E-state index contributed by atoms with van der Waals surface area (Å²) >= 11 is 14.6. The van der Waals surface area contributed by atoms with E-state index in [1.54, 1.807) is 0 Å². The van der Waals surface area contributed by atoms with E-state index in [0.717, 1.165) is 0 Å². The number of pyridine rings is 1. The molecule has 1 heterocycles. The van der Waals surface area contributed by atoms with Crippen molar-refractivity contribution in [3.05, 3.63) is 22.8 Å². The molecule has 84 valence electrons. The maximum absolute atomic E-state index is 13.2. The van der Waals surface area contributed by atoms with Crippen LogP contribution in [-0.4, -0.2) is 14.7 Å². The molecule has 0 unspecified atom stereocenters. The van der Waals surface area contributed by atoms with Gasteiger partial charge in [0.25, 0.3) is 0 Å². The summed E-state index contributed by atoms with van der Waals surface area (Å²) in [5.74, 6) is -4.83. The summed E-state index contributed by atoms with van der Waals surface area (Å²) in [5, 5.41) is 8.41. The number of alkyl halides is 5. The van der Waals surface area contributed by atoms with E-state index >= 15 is 0 Å². The average molecular weight is 280 g/mol. The van der Waals surface area contributed by atoms with Crippen LogP contribution in [0.3, 0.4) is 0 Å². The fourth-order valence-corrected chi connectivity index (χ4v) is 1.15. The summed E-state index contributed by atoms with van der Waals surface area (Å²) in [6, 6.07) is 0.628. The Morgan fingerprint density at radius 1 is 1.27 bits per heavy atom. The fraction of sp³-hybridized carbons (Fsp3) is 0.286. The topological polar surface area (TPSA) is 33.1 Å². The van der Waals surface area contributed by atoms with Crippen LogP contribution in [0.4, 0.5) is 13.2 Å². The molecule has 1 aromatic rings. The van der Waals surface area contributed by atoms with Crippen LogP contribution in [0.25, 0.3) is 0 Å². The second-order valence-electron chi connectivity index (χ2n) is 2.60. The SMILES string of the molecule is Oc1ncc(C(F)(F)C(F)(Cl)Cl)cc1Cl. The van der Waals surface area contributed by atoms with Gasteiger partial charge in [0.1, 0.15) is 5.02 Å². The van der Waals surface area contributed by atoms with Gasteiger partial charge in [0.15, 0.2) is 0 Å². The third kappa shape index (κ3) is 2.41. The van der Waals surface area contributed by atoms with Crippen molar-refractivity contribution in [1.29, 1.82) is 0 Å². The maximum atomic E-state index is 13.2. The molecule has 0 aliphatic carbocycles. The summed E-state index contributed by atoms with van der Waals surface area (Å²) in [5.41, 5.74) is -0.933. The normalized spacial score (nSPS) is 12.9. The second kappa shape index (κ2) is 3.88. The lowest BCUT2D eigenvalue weighted by atomic mass is 10.1. The van der Waals surface area contributed by atoms with Crippen LogP contribution in [-0.2, 0) is 5.92 Å². The Labute approximate surface area is 97.6 Å². The highest BCUT2D eigenvalue weighted by Gasteiger charge is 2.54. The predicted octanol–water partition coefficient (Wildman–Crippen LogP) is 3.63. The Morgan fingerprint density at radius 3 is 2.20 bits per heavy atom. The first-order chi connectivity index (χ1) is 6.66. The van der Waals surface area contributed by atoms with Crippen molar-refractivity contribution in [1.82, 2.24) is 4.98 Å². The van der Waals surface area contributed by atoms with Gasteiger partial charge in [0.05, 0.1) is 0 Å². The molecule has 1 aromatic heterocycles. The Balaban J connectivity index is 3.22. The summed E-state index contributed by atoms with van der Waals surface area (Å²) in [6.07, 6.45) is 0.528. The molecule has 1 N–H and O–H groups in total. The van der Waals surface area contributed by atoms with E-state index in [0.29, 0.717) is 12.3 Å². The lowest BCUT2D eigenvalue weighted by molar-refractivity contribution is -0.0653. The van der Waals surface area contributed by atoms with E-state index in [1.807, 2.05) is 0 Å². The molecule has 0 fully saturated rings. The van der Waals surface area contributed by atoms with Gasteiger partial charge >= 0.3 is 10.5 Å². The maximum Gasteiger partial charge on any atom is 0.336 e. The van der Waals surface area contributed by atoms with E-state index < -0.39 is 27.0 Å². The number of hydrogen-bond donors (Lipinski definition) is 1. The zero-order valence-corrected chi connectivity index (χ0v) is 9.08. The molecule has 0 aliphatic heterocycles. The van der Waals surface area contributed by atoms with Crippen molar-refractivity contribution in [3.63, 3.8) is 0 Å². The van der Waals surface area contributed by atoms with Gasteiger partial charge in [-0.25, -0.2) is 9.37 Å². The molecular formula is C7H3Cl3F3NO. The molecule has 15 heavy (non-hydrogen) atoms. The molecule has 0 saturated heterocycles. The number of aromatic nitrogens is 1. The monoisotopic (exact) mass is 279 g/mol. The molecule has 0 spiro atoms. The van der Waals surface area contributed by atoms with Crippen molar-refractivity contribution in [3.8, 4) is 5.88 Å². The van der Waals surface area contributed by atoms with E-state index in [4.69, 9.17) is 16.7 Å². The minimum Gasteiger partial charge on any atom is -0.492 e.